The smallest absolute Gasteiger partial charge is 0.366 e. The lowest BCUT2D eigenvalue weighted by atomic mass is 10.2. The number of aryl methyl sites for hydroxylation is 1. The molecule has 1 aromatic heterocycles. The third kappa shape index (κ3) is 3.86. The highest BCUT2D eigenvalue weighted by molar-refractivity contribution is 5.97. The molecule has 1 amide bonds. The van der Waals surface area contributed by atoms with Gasteiger partial charge in [0.15, 0.2) is 0 Å². The summed E-state index contributed by atoms with van der Waals surface area (Å²) in [5, 5.41) is 3.50. The molecular formula is C15H15F2N3O4. The van der Waals surface area contributed by atoms with Crippen LogP contribution in [0.5, 0.6) is 5.75 Å². The van der Waals surface area contributed by atoms with Crippen molar-refractivity contribution in [3.8, 4) is 5.75 Å². The van der Waals surface area contributed by atoms with Gasteiger partial charge in [-0.3, -0.25) is 9.48 Å². The summed E-state index contributed by atoms with van der Waals surface area (Å²) in [5.41, 5.74) is 0.871. The number of para-hydroxylation sites is 1. The van der Waals surface area contributed by atoms with Crippen molar-refractivity contribution in [3.63, 3.8) is 0 Å². The Balaban J connectivity index is 2.08. The summed E-state index contributed by atoms with van der Waals surface area (Å²) in [6, 6.07) is 6.29. The molecule has 0 saturated carbocycles. The Bertz CT molecular complexity index is 746. The van der Waals surface area contributed by atoms with Crippen LogP contribution in [0.25, 0.3) is 0 Å². The van der Waals surface area contributed by atoms with Crippen molar-refractivity contribution in [2.24, 2.45) is 7.05 Å². The number of halogens is 2. The maximum absolute atomic E-state index is 12.8. The molecule has 2 aromatic rings. The van der Waals surface area contributed by atoms with Crippen molar-refractivity contribution < 1.29 is 27.9 Å². The standard InChI is InChI=1S/C15H15F2N3O4/c1-3-23-11-7-5-4-6-9(11)15(22)24-19-14(21)10-8-20(2)18-12(10)13(16)17/h4-8,13H,3H2,1-2H3,(H,19,21). The van der Waals surface area contributed by atoms with Crippen molar-refractivity contribution in [1.29, 1.82) is 0 Å². The minimum atomic E-state index is -2.93. The van der Waals surface area contributed by atoms with Gasteiger partial charge >= 0.3 is 5.97 Å². The topological polar surface area (TPSA) is 82.5 Å². The predicted molar refractivity (Wildman–Crippen MR) is 78.7 cm³/mol. The lowest BCUT2D eigenvalue weighted by Gasteiger charge is -2.09. The van der Waals surface area contributed by atoms with E-state index in [9.17, 15) is 18.4 Å². The number of alkyl halides is 2. The minimum Gasteiger partial charge on any atom is -0.493 e. The Kier molecular flexibility index (Phi) is 5.46. The van der Waals surface area contributed by atoms with Gasteiger partial charge in [-0.05, 0) is 19.1 Å². The zero-order valence-corrected chi connectivity index (χ0v) is 13.0. The predicted octanol–water partition coefficient (Wildman–Crippen LogP) is 2.26. The Labute approximate surface area is 136 Å². The SMILES string of the molecule is CCOc1ccccc1C(=O)ONC(=O)c1cn(C)nc1C(F)F. The molecule has 0 unspecified atom stereocenters. The lowest BCUT2D eigenvalue weighted by Crippen LogP contribution is -2.28. The molecule has 0 aliphatic heterocycles. The van der Waals surface area contributed by atoms with E-state index in [2.05, 4.69) is 9.94 Å². The zero-order valence-electron chi connectivity index (χ0n) is 13.0. The van der Waals surface area contributed by atoms with Crippen LogP contribution in [0.4, 0.5) is 8.78 Å². The summed E-state index contributed by atoms with van der Waals surface area (Å²) in [5.74, 6) is -1.59. The van der Waals surface area contributed by atoms with E-state index in [0.717, 1.165) is 10.9 Å². The second kappa shape index (κ2) is 7.53. The highest BCUT2D eigenvalue weighted by Gasteiger charge is 2.24. The van der Waals surface area contributed by atoms with Gasteiger partial charge in [-0.1, -0.05) is 12.1 Å². The molecule has 0 bridgehead atoms. The van der Waals surface area contributed by atoms with Gasteiger partial charge in [0, 0.05) is 13.2 Å². The number of hydrogen-bond acceptors (Lipinski definition) is 5. The highest BCUT2D eigenvalue weighted by atomic mass is 19.3. The summed E-state index contributed by atoms with van der Waals surface area (Å²) < 4.78 is 32.0. The lowest BCUT2D eigenvalue weighted by molar-refractivity contribution is 0.0224. The number of aromatic nitrogens is 2. The first-order chi connectivity index (χ1) is 11.4. The second-order valence-corrected chi connectivity index (χ2v) is 4.65. The molecule has 0 aliphatic rings. The number of nitrogens with zero attached hydrogens (tertiary/aromatic N) is 2. The highest BCUT2D eigenvalue weighted by Crippen LogP contribution is 2.21. The fourth-order valence-corrected chi connectivity index (χ4v) is 1.96. The maximum atomic E-state index is 12.8. The molecule has 0 atom stereocenters. The van der Waals surface area contributed by atoms with E-state index in [0.29, 0.717) is 6.61 Å². The van der Waals surface area contributed by atoms with Gasteiger partial charge < -0.3 is 9.57 Å². The summed E-state index contributed by atoms with van der Waals surface area (Å²) in [6.45, 7) is 2.09. The molecule has 2 rings (SSSR count). The van der Waals surface area contributed by atoms with E-state index in [1.54, 1.807) is 25.1 Å². The second-order valence-electron chi connectivity index (χ2n) is 4.65. The van der Waals surface area contributed by atoms with Gasteiger partial charge in [0.1, 0.15) is 17.0 Å². The summed E-state index contributed by atoms with van der Waals surface area (Å²) in [4.78, 5) is 28.6. The third-order valence-corrected chi connectivity index (χ3v) is 2.95. The van der Waals surface area contributed by atoms with Gasteiger partial charge in [-0.25, -0.2) is 13.6 Å². The van der Waals surface area contributed by atoms with Crippen LogP contribution < -0.4 is 10.2 Å². The molecule has 1 heterocycles. The Morgan fingerprint density at radius 3 is 2.67 bits per heavy atom. The molecule has 0 radical (unpaired) electrons. The Morgan fingerprint density at radius 1 is 1.29 bits per heavy atom. The van der Waals surface area contributed by atoms with Crippen LogP contribution in [0.1, 0.15) is 39.8 Å². The van der Waals surface area contributed by atoms with E-state index in [1.165, 1.54) is 13.1 Å². The van der Waals surface area contributed by atoms with Crippen molar-refractivity contribution in [2.75, 3.05) is 6.61 Å². The van der Waals surface area contributed by atoms with Gasteiger partial charge in [0.2, 0.25) is 0 Å². The van der Waals surface area contributed by atoms with E-state index in [1.807, 2.05) is 5.48 Å². The molecule has 24 heavy (non-hydrogen) atoms. The minimum absolute atomic E-state index is 0.0971. The molecule has 0 aliphatic carbocycles. The quantitative estimate of drug-likeness (QED) is 0.845. The van der Waals surface area contributed by atoms with Crippen LogP contribution in [0, 0.1) is 0 Å². The van der Waals surface area contributed by atoms with Crippen molar-refractivity contribution in [1.82, 2.24) is 15.3 Å². The first-order valence-electron chi connectivity index (χ1n) is 6.99. The van der Waals surface area contributed by atoms with Crippen molar-refractivity contribution in [3.05, 3.63) is 47.3 Å². The average molecular weight is 339 g/mol. The zero-order chi connectivity index (χ0) is 17.7. The third-order valence-electron chi connectivity index (χ3n) is 2.95. The van der Waals surface area contributed by atoms with Crippen LogP contribution in [-0.4, -0.2) is 28.3 Å². The molecule has 1 aromatic carbocycles. The summed E-state index contributed by atoms with van der Waals surface area (Å²) in [6.07, 6.45) is -1.82. The fourth-order valence-electron chi connectivity index (χ4n) is 1.96. The van der Waals surface area contributed by atoms with E-state index in [4.69, 9.17) is 4.74 Å². The average Bonchev–Trinajstić information content (AvgIpc) is 2.95. The molecule has 0 spiro atoms. The molecule has 1 N–H and O–H groups in total. The molecular weight excluding hydrogens is 324 g/mol. The first kappa shape index (κ1) is 17.4. The number of hydroxylamine groups is 1. The first-order valence-corrected chi connectivity index (χ1v) is 6.99. The molecule has 9 heteroatoms. The fraction of sp³-hybridized carbons (Fsp3) is 0.267. The van der Waals surface area contributed by atoms with Gasteiger partial charge in [-0.2, -0.15) is 10.6 Å². The van der Waals surface area contributed by atoms with Crippen molar-refractivity contribution >= 4 is 11.9 Å². The van der Waals surface area contributed by atoms with Crippen LogP contribution >= 0.6 is 0 Å². The number of carbonyl (C=O) groups excluding carboxylic acids is 2. The van der Waals surface area contributed by atoms with E-state index in [-0.39, 0.29) is 16.9 Å². The molecule has 0 fully saturated rings. The number of nitrogens with one attached hydrogen (secondary N) is 1. The number of carbonyl (C=O) groups is 2. The largest absolute Gasteiger partial charge is 0.493 e. The van der Waals surface area contributed by atoms with Crippen LogP contribution in [-0.2, 0) is 11.9 Å². The van der Waals surface area contributed by atoms with Gasteiger partial charge in [0.25, 0.3) is 12.3 Å². The number of hydrogen-bond donors (Lipinski definition) is 1. The Morgan fingerprint density at radius 2 is 2.00 bits per heavy atom. The number of rotatable bonds is 5. The van der Waals surface area contributed by atoms with Gasteiger partial charge in [0.05, 0.1) is 12.2 Å². The molecule has 0 saturated heterocycles. The number of amides is 1. The summed E-state index contributed by atoms with van der Waals surface area (Å²) >= 11 is 0. The maximum Gasteiger partial charge on any atom is 0.366 e. The molecule has 7 nitrogen and oxygen atoms in total. The van der Waals surface area contributed by atoms with E-state index < -0.39 is 24.0 Å². The number of ether oxygens (including phenoxy) is 1. The van der Waals surface area contributed by atoms with Gasteiger partial charge in [-0.15, -0.1) is 0 Å². The van der Waals surface area contributed by atoms with Crippen LogP contribution in [0.3, 0.4) is 0 Å². The normalized spacial score (nSPS) is 10.5. The molecule has 128 valence electrons. The number of benzene rings is 1. The van der Waals surface area contributed by atoms with E-state index >= 15 is 0 Å². The van der Waals surface area contributed by atoms with Crippen LogP contribution in [0.2, 0.25) is 0 Å². The Hall–Kier alpha value is -2.97. The monoisotopic (exact) mass is 339 g/mol. The summed E-state index contributed by atoms with van der Waals surface area (Å²) in [7, 11) is 1.40. The van der Waals surface area contributed by atoms with Crippen LogP contribution in [0.15, 0.2) is 30.5 Å². The van der Waals surface area contributed by atoms with Crippen molar-refractivity contribution in [2.45, 2.75) is 13.3 Å².